The number of imide groups is 1. The van der Waals surface area contributed by atoms with E-state index >= 15 is 0 Å². The zero-order valence-electron chi connectivity index (χ0n) is 22.1. The fourth-order valence-electron chi connectivity index (χ4n) is 6.08. The minimum absolute atomic E-state index is 0.0342. The number of unbranched alkanes of at least 4 members (excludes halogenated alkanes) is 3. The summed E-state index contributed by atoms with van der Waals surface area (Å²) < 4.78 is 0. The summed E-state index contributed by atoms with van der Waals surface area (Å²) in [5.41, 5.74) is 15.9. The number of nitrogens with two attached hydrogens (primary N) is 3. The van der Waals surface area contributed by atoms with Gasteiger partial charge in [-0.05, 0) is 76.4 Å². The van der Waals surface area contributed by atoms with Crippen molar-refractivity contribution in [2.75, 3.05) is 32.7 Å². The second kappa shape index (κ2) is 12.5. The van der Waals surface area contributed by atoms with E-state index in [1.807, 2.05) is 13.8 Å². The molecule has 36 heavy (non-hydrogen) atoms. The molecule has 6 N–H and O–H groups in total. The molecule has 3 aliphatic rings. The molecule has 0 aromatic carbocycles. The SMILES string of the molecule is CC(C)[C@H]1CC12C(=O)N(C(=O)CCCCN)C[C@@H]1N(C(=O)CCCCN)C[C@@H](CCCCN)C(=O)N12. The van der Waals surface area contributed by atoms with E-state index in [0.29, 0.717) is 64.7 Å². The molecule has 2 heterocycles. The molecule has 2 saturated heterocycles. The lowest BCUT2D eigenvalue weighted by Crippen LogP contribution is -2.75. The number of fused-ring (bicyclic) bond motifs is 2. The predicted molar refractivity (Wildman–Crippen MR) is 137 cm³/mol. The van der Waals surface area contributed by atoms with Crippen molar-refractivity contribution in [3.05, 3.63) is 0 Å². The van der Waals surface area contributed by atoms with Gasteiger partial charge in [-0.1, -0.05) is 20.3 Å². The first-order valence-electron chi connectivity index (χ1n) is 13.8. The lowest BCUT2D eigenvalue weighted by atomic mass is 9.89. The number of hydrogen-bond donors (Lipinski definition) is 3. The van der Waals surface area contributed by atoms with Crippen LogP contribution < -0.4 is 17.2 Å². The first-order valence-corrected chi connectivity index (χ1v) is 13.8. The van der Waals surface area contributed by atoms with E-state index in [0.717, 1.165) is 19.3 Å². The summed E-state index contributed by atoms with van der Waals surface area (Å²) in [5.74, 6) is -0.854. The minimum atomic E-state index is -1.04. The Labute approximate surface area is 215 Å². The zero-order chi connectivity index (χ0) is 26.5. The van der Waals surface area contributed by atoms with E-state index in [1.54, 1.807) is 9.80 Å². The Morgan fingerprint density at radius 3 is 2.03 bits per heavy atom. The van der Waals surface area contributed by atoms with Gasteiger partial charge in [0.15, 0.2) is 0 Å². The van der Waals surface area contributed by atoms with Gasteiger partial charge in [-0.25, -0.2) is 0 Å². The molecule has 2 aliphatic heterocycles. The first-order chi connectivity index (χ1) is 17.2. The summed E-state index contributed by atoms with van der Waals surface area (Å²) >= 11 is 0. The van der Waals surface area contributed by atoms with Gasteiger partial charge >= 0.3 is 0 Å². The van der Waals surface area contributed by atoms with Crippen molar-refractivity contribution in [2.45, 2.75) is 89.8 Å². The van der Waals surface area contributed by atoms with Crippen molar-refractivity contribution in [3.63, 3.8) is 0 Å². The van der Waals surface area contributed by atoms with E-state index in [4.69, 9.17) is 17.2 Å². The maximum Gasteiger partial charge on any atom is 0.255 e. The van der Waals surface area contributed by atoms with Crippen molar-refractivity contribution in [1.29, 1.82) is 0 Å². The Balaban J connectivity index is 1.95. The number of piperazine rings is 1. The molecule has 1 saturated carbocycles. The highest BCUT2D eigenvalue weighted by atomic mass is 16.2. The van der Waals surface area contributed by atoms with E-state index in [2.05, 4.69) is 0 Å². The molecule has 0 aromatic heterocycles. The lowest BCUT2D eigenvalue weighted by molar-refractivity contribution is -0.186. The minimum Gasteiger partial charge on any atom is -0.330 e. The molecule has 204 valence electrons. The fourth-order valence-corrected chi connectivity index (χ4v) is 6.08. The Morgan fingerprint density at radius 2 is 1.47 bits per heavy atom. The van der Waals surface area contributed by atoms with Crippen LogP contribution in [0.4, 0.5) is 0 Å². The Hall–Kier alpha value is -2.04. The first kappa shape index (κ1) is 28.5. The summed E-state index contributed by atoms with van der Waals surface area (Å²) in [6, 6.07) is 0. The van der Waals surface area contributed by atoms with Crippen LogP contribution in [0.15, 0.2) is 0 Å². The summed E-state index contributed by atoms with van der Waals surface area (Å²) in [6.45, 7) is 6.01. The topological polar surface area (TPSA) is 156 Å². The molecule has 1 spiro atoms. The van der Waals surface area contributed by atoms with E-state index in [9.17, 15) is 19.2 Å². The quantitative estimate of drug-likeness (QED) is 0.311. The monoisotopic (exact) mass is 506 g/mol. The van der Waals surface area contributed by atoms with Crippen LogP contribution >= 0.6 is 0 Å². The van der Waals surface area contributed by atoms with Crippen molar-refractivity contribution >= 4 is 23.6 Å². The van der Waals surface area contributed by atoms with Gasteiger partial charge in [0.25, 0.3) is 5.91 Å². The summed E-state index contributed by atoms with van der Waals surface area (Å²) in [6.07, 6.45) is 5.45. The highest BCUT2D eigenvalue weighted by Gasteiger charge is 2.72. The molecule has 4 atom stereocenters. The molecular formula is C26H46N6O4. The zero-order valence-corrected chi connectivity index (χ0v) is 22.1. The average molecular weight is 507 g/mol. The largest absolute Gasteiger partial charge is 0.330 e. The average Bonchev–Trinajstić information content (AvgIpc) is 3.59. The molecule has 1 aliphatic carbocycles. The highest BCUT2D eigenvalue weighted by Crippen LogP contribution is 2.57. The Kier molecular flexibility index (Phi) is 9.88. The van der Waals surface area contributed by atoms with Crippen LogP contribution in [0.5, 0.6) is 0 Å². The molecular weight excluding hydrogens is 460 g/mol. The molecule has 1 unspecified atom stereocenters. The van der Waals surface area contributed by atoms with E-state index < -0.39 is 11.7 Å². The number of carbonyl (C=O) groups is 4. The van der Waals surface area contributed by atoms with Crippen molar-refractivity contribution < 1.29 is 19.2 Å². The standard InChI is InChI=1S/C26H46N6O4/c1-18(2)20-15-26(20)25(36)31(23(34)11-5-8-14-29)17-21-30(22(33)10-4-7-13-28)16-19(9-3-6-12-27)24(35)32(21)26/h18-21H,3-17,27-29H2,1-2H3/t19-,20-,21-,26?/m1/s1. The third-order valence-electron chi connectivity index (χ3n) is 8.16. The molecule has 0 radical (unpaired) electrons. The van der Waals surface area contributed by atoms with E-state index in [1.165, 1.54) is 4.90 Å². The van der Waals surface area contributed by atoms with Crippen LogP contribution in [0.1, 0.15) is 78.1 Å². The molecule has 10 heteroatoms. The maximum absolute atomic E-state index is 13.9. The van der Waals surface area contributed by atoms with Gasteiger partial charge in [0.05, 0.1) is 12.5 Å². The van der Waals surface area contributed by atoms with Crippen molar-refractivity contribution in [3.8, 4) is 0 Å². The van der Waals surface area contributed by atoms with Crippen molar-refractivity contribution in [1.82, 2.24) is 14.7 Å². The summed E-state index contributed by atoms with van der Waals surface area (Å²) in [5, 5.41) is 0. The van der Waals surface area contributed by atoms with Crippen LogP contribution in [0, 0.1) is 17.8 Å². The molecule has 0 aromatic rings. The number of amides is 4. The van der Waals surface area contributed by atoms with Crippen LogP contribution in [-0.2, 0) is 19.2 Å². The molecule has 4 amide bonds. The van der Waals surface area contributed by atoms with Crippen LogP contribution in [0.25, 0.3) is 0 Å². The number of nitrogens with zero attached hydrogens (tertiary/aromatic N) is 3. The van der Waals surface area contributed by atoms with Gasteiger partial charge in [-0.3, -0.25) is 24.1 Å². The van der Waals surface area contributed by atoms with Gasteiger partial charge in [0, 0.05) is 19.4 Å². The number of hydrogen-bond acceptors (Lipinski definition) is 7. The molecule has 3 fully saturated rings. The maximum atomic E-state index is 13.9. The van der Waals surface area contributed by atoms with Gasteiger partial charge < -0.3 is 27.0 Å². The fraction of sp³-hybridized carbons (Fsp3) is 0.846. The third kappa shape index (κ3) is 5.60. The van der Waals surface area contributed by atoms with Gasteiger partial charge in [0.2, 0.25) is 17.7 Å². The number of rotatable bonds is 13. The molecule has 10 nitrogen and oxygen atoms in total. The molecule has 0 bridgehead atoms. The second-order valence-electron chi connectivity index (χ2n) is 11.0. The lowest BCUT2D eigenvalue weighted by Gasteiger charge is -2.55. The second-order valence-corrected chi connectivity index (χ2v) is 11.0. The Bertz CT molecular complexity index is 820. The summed E-state index contributed by atoms with van der Waals surface area (Å²) in [4.78, 5) is 59.3. The van der Waals surface area contributed by atoms with Gasteiger partial charge in [-0.2, -0.15) is 0 Å². The van der Waals surface area contributed by atoms with Crippen LogP contribution in [0.3, 0.4) is 0 Å². The van der Waals surface area contributed by atoms with E-state index in [-0.39, 0.29) is 54.3 Å². The smallest absolute Gasteiger partial charge is 0.255 e. The van der Waals surface area contributed by atoms with Crippen molar-refractivity contribution in [2.24, 2.45) is 35.0 Å². The van der Waals surface area contributed by atoms with Gasteiger partial charge in [-0.15, -0.1) is 0 Å². The Morgan fingerprint density at radius 1 is 0.889 bits per heavy atom. The van der Waals surface area contributed by atoms with Crippen LogP contribution in [0.2, 0.25) is 0 Å². The third-order valence-corrected chi connectivity index (χ3v) is 8.16. The van der Waals surface area contributed by atoms with Crippen LogP contribution in [-0.4, -0.2) is 82.8 Å². The summed E-state index contributed by atoms with van der Waals surface area (Å²) in [7, 11) is 0. The predicted octanol–water partition coefficient (Wildman–Crippen LogP) is 0.770. The molecule has 3 rings (SSSR count). The number of carbonyl (C=O) groups excluding carboxylic acids is 4. The van der Waals surface area contributed by atoms with Gasteiger partial charge in [0.1, 0.15) is 11.7 Å². The highest BCUT2D eigenvalue weighted by molar-refractivity contribution is 6.05. The normalized spacial score (nSPS) is 27.7.